The predicted molar refractivity (Wildman–Crippen MR) is 87.7 cm³/mol. The van der Waals surface area contributed by atoms with Crippen molar-refractivity contribution in [3.05, 3.63) is 23.3 Å². The smallest absolute Gasteiger partial charge is 0.185 e. The zero-order chi connectivity index (χ0) is 16.5. The molecule has 1 aliphatic rings. The van der Waals surface area contributed by atoms with Crippen LogP contribution in [0.5, 0.6) is 0 Å². The Morgan fingerprint density at radius 2 is 1.48 bits per heavy atom. The Kier molecular flexibility index (Phi) is 4.90. The van der Waals surface area contributed by atoms with Crippen molar-refractivity contribution in [2.24, 2.45) is 10.8 Å². The van der Waals surface area contributed by atoms with Crippen molar-refractivity contribution in [1.82, 2.24) is 0 Å². The summed E-state index contributed by atoms with van der Waals surface area (Å²) in [4.78, 5) is 12.7. The van der Waals surface area contributed by atoms with E-state index in [0.717, 1.165) is 12.8 Å². The molecule has 2 nitrogen and oxygen atoms in total. The van der Waals surface area contributed by atoms with Crippen LogP contribution in [0.2, 0.25) is 0 Å². The quantitative estimate of drug-likeness (QED) is 0.739. The van der Waals surface area contributed by atoms with E-state index in [0.29, 0.717) is 11.1 Å². The van der Waals surface area contributed by atoms with Gasteiger partial charge in [-0.1, -0.05) is 60.3 Å². The van der Waals surface area contributed by atoms with E-state index in [-0.39, 0.29) is 16.6 Å². The maximum atomic E-state index is 12.7. The number of allylic oxidation sites excluding steroid dienone is 2. The number of rotatable bonds is 1. The van der Waals surface area contributed by atoms with Gasteiger partial charge in [0.25, 0.3) is 0 Å². The average Bonchev–Trinajstić information content (AvgIpc) is 2.30. The standard InChI is InChI=1S/C19H28O2/c1-8-9-10-11-19(21)12-14(17(2,3)4)16(20)15(13-19)18(5,6)7/h12-13,21H,8-9H2,1-7H3. The number of hydrogen-bond donors (Lipinski definition) is 1. The van der Waals surface area contributed by atoms with Crippen molar-refractivity contribution < 1.29 is 9.90 Å². The van der Waals surface area contributed by atoms with Gasteiger partial charge in [0.05, 0.1) is 0 Å². The summed E-state index contributed by atoms with van der Waals surface area (Å²) in [6, 6.07) is 0. The van der Waals surface area contributed by atoms with Gasteiger partial charge in [0.2, 0.25) is 0 Å². The second-order valence-electron chi connectivity index (χ2n) is 7.82. The van der Waals surface area contributed by atoms with Crippen LogP contribution >= 0.6 is 0 Å². The van der Waals surface area contributed by atoms with Crippen molar-refractivity contribution in [3.8, 4) is 11.8 Å². The van der Waals surface area contributed by atoms with Crippen molar-refractivity contribution in [3.63, 3.8) is 0 Å². The van der Waals surface area contributed by atoms with Gasteiger partial charge in [0.1, 0.15) is 0 Å². The van der Waals surface area contributed by atoms with Crippen LogP contribution in [0.4, 0.5) is 0 Å². The molecule has 0 saturated carbocycles. The maximum Gasteiger partial charge on any atom is 0.185 e. The van der Waals surface area contributed by atoms with Crippen molar-refractivity contribution in [2.45, 2.75) is 66.9 Å². The van der Waals surface area contributed by atoms with Crippen LogP contribution in [0.15, 0.2) is 23.3 Å². The summed E-state index contributed by atoms with van der Waals surface area (Å²) >= 11 is 0. The van der Waals surface area contributed by atoms with E-state index in [2.05, 4.69) is 18.8 Å². The lowest BCUT2D eigenvalue weighted by Gasteiger charge is -2.34. The molecule has 0 bridgehead atoms. The predicted octanol–water partition coefficient (Wildman–Crippen LogP) is 4.05. The van der Waals surface area contributed by atoms with Gasteiger partial charge in [0, 0.05) is 17.6 Å². The molecule has 0 spiro atoms. The summed E-state index contributed by atoms with van der Waals surface area (Å²) in [5.41, 5.74) is -0.690. The highest BCUT2D eigenvalue weighted by Crippen LogP contribution is 2.39. The van der Waals surface area contributed by atoms with Crippen LogP contribution in [-0.4, -0.2) is 16.5 Å². The first kappa shape index (κ1) is 17.7. The number of carbonyl (C=O) groups excluding carboxylic acids is 1. The molecule has 1 aliphatic carbocycles. The number of hydrogen-bond acceptors (Lipinski definition) is 2. The molecular formula is C19H28O2. The lowest BCUT2D eigenvalue weighted by molar-refractivity contribution is -0.114. The summed E-state index contributed by atoms with van der Waals surface area (Å²) in [5, 5.41) is 10.8. The second-order valence-corrected chi connectivity index (χ2v) is 7.82. The third-order valence-electron chi connectivity index (χ3n) is 3.50. The molecule has 0 aromatic heterocycles. The van der Waals surface area contributed by atoms with Gasteiger partial charge in [-0.05, 0) is 29.4 Å². The minimum absolute atomic E-state index is 0.0250. The zero-order valence-electron chi connectivity index (χ0n) is 14.4. The molecule has 0 amide bonds. The fourth-order valence-corrected chi connectivity index (χ4v) is 2.27. The van der Waals surface area contributed by atoms with E-state index in [1.165, 1.54) is 0 Å². The summed E-state index contributed by atoms with van der Waals surface area (Å²) in [7, 11) is 0. The Bertz CT molecular complexity index is 503. The minimum Gasteiger partial charge on any atom is -0.370 e. The van der Waals surface area contributed by atoms with E-state index in [9.17, 15) is 9.90 Å². The highest BCUT2D eigenvalue weighted by atomic mass is 16.3. The van der Waals surface area contributed by atoms with Crippen LogP contribution in [0.25, 0.3) is 0 Å². The van der Waals surface area contributed by atoms with Crippen LogP contribution in [-0.2, 0) is 4.79 Å². The molecule has 1 rings (SSSR count). The molecule has 0 fully saturated rings. The molecule has 0 aromatic rings. The molecule has 0 heterocycles. The monoisotopic (exact) mass is 288 g/mol. The number of unbranched alkanes of at least 4 members (excludes halogenated alkanes) is 1. The topological polar surface area (TPSA) is 37.3 Å². The first-order chi connectivity index (χ1) is 9.41. The van der Waals surface area contributed by atoms with Gasteiger partial charge >= 0.3 is 0 Å². The van der Waals surface area contributed by atoms with Gasteiger partial charge in [-0.25, -0.2) is 0 Å². The summed E-state index contributed by atoms with van der Waals surface area (Å²) in [6.45, 7) is 14.0. The third kappa shape index (κ3) is 4.32. The normalized spacial score (nSPS) is 18.6. The van der Waals surface area contributed by atoms with Gasteiger partial charge < -0.3 is 5.11 Å². The second kappa shape index (κ2) is 5.81. The Hall–Kier alpha value is -1.33. The van der Waals surface area contributed by atoms with Crippen LogP contribution in [0, 0.1) is 22.7 Å². The van der Waals surface area contributed by atoms with E-state index in [1.54, 1.807) is 12.2 Å². The Balaban J connectivity index is 3.42. The molecule has 0 atom stereocenters. The Morgan fingerprint density at radius 1 is 1.05 bits per heavy atom. The van der Waals surface area contributed by atoms with Gasteiger partial charge in [-0.3, -0.25) is 4.79 Å². The van der Waals surface area contributed by atoms with Gasteiger partial charge in [0.15, 0.2) is 11.4 Å². The molecule has 0 aromatic carbocycles. The van der Waals surface area contributed by atoms with Gasteiger partial charge in [-0.15, -0.1) is 0 Å². The summed E-state index contributed by atoms with van der Waals surface area (Å²) in [5.74, 6) is 5.95. The fourth-order valence-electron chi connectivity index (χ4n) is 2.27. The number of ketones is 1. The number of Topliss-reactive ketones (excluding diaryl/α,β-unsaturated/α-hetero) is 1. The first-order valence-corrected chi connectivity index (χ1v) is 7.64. The molecule has 1 N–H and O–H groups in total. The van der Waals surface area contributed by atoms with E-state index in [1.807, 2.05) is 41.5 Å². The average molecular weight is 288 g/mol. The summed E-state index contributed by atoms with van der Waals surface area (Å²) in [6.07, 6.45) is 4.96. The molecule has 0 radical (unpaired) electrons. The molecule has 2 heteroatoms. The van der Waals surface area contributed by atoms with E-state index < -0.39 is 5.60 Å². The zero-order valence-corrected chi connectivity index (χ0v) is 14.4. The first-order valence-electron chi connectivity index (χ1n) is 7.64. The number of aliphatic hydroxyl groups is 1. The number of carbonyl (C=O) groups is 1. The molecule has 0 aliphatic heterocycles. The molecule has 0 unspecified atom stereocenters. The van der Waals surface area contributed by atoms with Crippen molar-refractivity contribution in [1.29, 1.82) is 0 Å². The van der Waals surface area contributed by atoms with E-state index in [4.69, 9.17) is 0 Å². The maximum absolute atomic E-state index is 12.7. The Labute approximate surface area is 129 Å². The van der Waals surface area contributed by atoms with Crippen LogP contribution in [0.3, 0.4) is 0 Å². The lowest BCUT2D eigenvalue weighted by atomic mass is 9.70. The third-order valence-corrected chi connectivity index (χ3v) is 3.50. The van der Waals surface area contributed by atoms with Crippen LogP contribution < -0.4 is 0 Å². The van der Waals surface area contributed by atoms with Crippen molar-refractivity contribution in [2.75, 3.05) is 0 Å². The van der Waals surface area contributed by atoms with Crippen LogP contribution in [0.1, 0.15) is 61.3 Å². The molecular weight excluding hydrogens is 260 g/mol. The SMILES string of the molecule is CCCC#CC1(O)C=C(C(C)(C)C)C(=O)C(C(C)(C)C)=C1. The van der Waals surface area contributed by atoms with Gasteiger partial charge in [-0.2, -0.15) is 0 Å². The van der Waals surface area contributed by atoms with Crippen molar-refractivity contribution >= 4 is 5.78 Å². The Morgan fingerprint density at radius 3 is 1.81 bits per heavy atom. The lowest BCUT2D eigenvalue weighted by Crippen LogP contribution is -2.36. The summed E-state index contributed by atoms with van der Waals surface area (Å²) < 4.78 is 0. The fraction of sp³-hybridized carbons (Fsp3) is 0.632. The minimum atomic E-state index is -1.34. The molecule has 21 heavy (non-hydrogen) atoms. The van der Waals surface area contributed by atoms with E-state index >= 15 is 0 Å². The highest BCUT2D eigenvalue weighted by Gasteiger charge is 2.39. The largest absolute Gasteiger partial charge is 0.370 e. The highest BCUT2D eigenvalue weighted by molar-refractivity contribution is 6.11. The molecule has 0 saturated heterocycles. The molecule has 116 valence electrons.